The molecule has 0 unspecified atom stereocenters. The SMILES string of the molecule is CCn1cnnc1-c1ccccc1NC(=O)c1sc(COc2ccc(F)cc2)nc1C. The lowest BCUT2D eigenvalue weighted by atomic mass is 10.1. The molecule has 2 heterocycles. The molecule has 0 aliphatic heterocycles. The van der Waals surface area contributed by atoms with E-state index >= 15 is 0 Å². The minimum atomic E-state index is -0.325. The maximum Gasteiger partial charge on any atom is 0.267 e. The molecule has 0 spiro atoms. The second-order valence-corrected chi connectivity index (χ2v) is 7.79. The van der Waals surface area contributed by atoms with E-state index in [-0.39, 0.29) is 18.3 Å². The quantitative estimate of drug-likeness (QED) is 0.453. The summed E-state index contributed by atoms with van der Waals surface area (Å²) in [6, 6.07) is 13.2. The fourth-order valence-corrected chi connectivity index (χ4v) is 3.93. The third-order valence-electron chi connectivity index (χ3n) is 4.60. The van der Waals surface area contributed by atoms with Crippen molar-refractivity contribution < 1.29 is 13.9 Å². The number of ether oxygens (including phenoxy) is 1. The van der Waals surface area contributed by atoms with Gasteiger partial charge in [0.15, 0.2) is 5.82 Å². The van der Waals surface area contributed by atoms with Gasteiger partial charge in [-0.05, 0) is 50.2 Å². The van der Waals surface area contributed by atoms with Crippen molar-refractivity contribution in [3.63, 3.8) is 0 Å². The number of nitrogens with one attached hydrogen (secondary N) is 1. The molecule has 31 heavy (non-hydrogen) atoms. The Morgan fingerprint density at radius 2 is 1.97 bits per heavy atom. The van der Waals surface area contributed by atoms with Crippen molar-refractivity contribution in [3.8, 4) is 17.1 Å². The highest BCUT2D eigenvalue weighted by atomic mass is 32.1. The second kappa shape index (κ2) is 9.05. The first-order chi connectivity index (χ1) is 15.0. The predicted molar refractivity (Wildman–Crippen MR) is 117 cm³/mol. The molecule has 0 aliphatic rings. The van der Waals surface area contributed by atoms with Gasteiger partial charge in [-0.3, -0.25) is 4.79 Å². The molecule has 1 amide bonds. The Bertz CT molecular complexity index is 1200. The van der Waals surface area contributed by atoms with Crippen molar-refractivity contribution in [1.29, 1.82) is 0 Å². The van der Waals surface area contributed by atoms with E-state index in [1.807, 2.05) is 35.8 Å². The number of hydrogen-bond donors (Lipinski definition) is 1. The van der Waals surface area contributed by atoms with Gasteiger partial charge in [0.2, 0.25) is 0 Å². The lowest BCUT2D eigenvalue weighted by Crippen LogP contribution is -2.13. The summed E-state index contributed by atoms with van der Waals surface area (Å²) in [7, 11) is 0. The van der Waals surface area contributed by atoms with E-state index in [1.54, 1.807) is 25.4 Å². The predicted octanol–water partition coefficient (Wildman–Crippen LogP) is 4.70. The Morgan fingerprint density at radius 3 is 2.74 bits per heavy atom. The molecule has 1 N–H and O–H groups in total. The van der Waals surface area contributed by atoms with E-state index in [9.17, 15) is 9.18 Å². The first-order valence-corrected chi connectivity index (χ1v) is 10.5. The van der Waals surface area contributed by atoms with Crippen molar-refractivity contribution in [2.75, 3.05) is 5.32 Å². The topological polar surface area (TPSA) is 81.9 Å². The van der Waals surface area contributed by atoms with Crippen molar-refractivity contribution in [2.45, 2.75) is 27.0 Å². The number of amides is 1. The number of carbonyl (C=O) groups is 1. The first kappa shape index (κ1) is 20.7. The third-order valence-corrected chi connectivity index (χ3v) is 5.73. The highest BCUT2D eigenvalue weighted by molar-refractivity contribution is 7.13. The molecule has 0 atom stereocenters. The molecule has 7 nitrogen and oxygen atoms in total. The van der Waals surface area contributed by atoms with E-state index in [4.69, 9.17) is 4.74 Å². The van der Waals surface area contributed by atoms with E-state index in [1.165, 1.54) is 23.5 Å². The van der Waals surface area contributed by atoms with Gasteiger partial charge in [0, 0.05) is 12.1 Å². The average molecular weight is 438 g/mol. The van der Waals surface area contributed by atoms with Gasteiger partial charge in [-0.1, -0.05) is 12.1 Å². The summed E-state index contributed by atoms with van der Waals surface area (Å²) >= 11 is 1.26. The monoisotopic (exact) mass is 437 g/mol. The number of hydrogen-bond acceptors (Lipinski definition) is 6. The van der Waals surface area contributed by atoms with Gasteiger partial charge in [0.1, 0.15) is 34.4 Å². The van der Waals surface area contributed by atoms with Crippen molar-refractivity contribution in [2.24, 2.45) is 0 Å². The van der Waals surface area contributed by atoms with Crippen molar-refractivity contribution in [1.82, 2.24) is 19.7 Å². The minimum absolute atomic E-state index is 0.195. The van der Waals surface area contributed by atoms with Gasteiger partial charge in [-0.15, -0.1) is 21.5 Å². The molecule has 0 bridgehead atoms. The Morgan fingerprint density at radius 1 is 1.19 bits per heavy atom. The molecule has 0 radical (unpaired) electrons. The number of thiazole rings is 1. The zero-order valence-corrected chi connectivity index (χ0v) is 17.8. The van der Waals surface area contributed by atoms with Gasteiger partial charge >= 0.3 is 0 Å². The van der Waals surface area contributed by atoms with E-state index in [0.29, 0.717) is 32.8 Å². The molecule has 2 aromatic carbocycles. The molecule has 158 valence electrons. The van der Waals surface area contributed by atoms with Gasteiger partial charge in [0.05, 0.1) is 11.4 Å². The molecule has 0 aliphatic carbocycles. The van der Waals surface area contributed by atoms with Crippen molar-refractivity contribution >= 4 is 22.9 Å². The van der Waals surface area contributed by atoms with Crippen LogP contribution in [0, 0.1) is 12.7 Å². The van der Waals surface area contributed by atoms with Gasteiger partial charge in [0.25, 0.3) is 5.91 Å². The zero-order chi connectivity index (χ0) is 21.8. The lowest BCUT2D eigenvalue weighted by molar-refractivity contribution is 0.103. The van der Waals surface area contributed by atoms with Crippen LogP contribution >= 0.6 is 11.3 Å². The molecule has 4 rings (SSSR count). The van der Waals surface area contributed by atoms with Gasteiger partial charge < -0.3 is 14.6 Å². The van der Waals surface area contributed by atoms with E-state index in [0.717, 1.165) is 12.1 Å². The third kappa shape index (κ3) is 4.61. The zero-order valence-electron chi connectivity index (χ0n) is 17.0. The number of anilines is 1. The van der Waals surface area contributed by atoms with E-state index < -0.39 is 0 Å². The Kier molecular flexibility index (Phi) is 6.03. The number of benzene rings is 2. The summed E-state index contributed by atoms with van der Waals surface area (Å²) in [6.45, 7) is 4.70. The van der Waals surface area contributed by atoms with Gasteiger partial charge in [-0.25, -0.2) is 9.37 Å². The smallest absolute Gasteiger partial charge is 0.267 e. The fraction of sp³-hybridized carbons (Fsp3) is 0.182. The fourth-order valence-electron chi connectivity index (χ4n) is 3.06. The van der Waals surface area contributed by atoms with Crippen LogP contribution in [-0.2, 0) is 13.2 Å². The number of aryl methyl sites for hydroxylation is 2. The van der Waals surface area contributed by atoms with Crippen molar-refractivity contribution in [3.05, 3.63) is 76.3 Å². The van der Waals surface area contributed by atoms with Crippen LogP contribution < -0.4 is 10.1 Å². The summed E-state index contributed by atoms with van der Waals surface area (Å²) in [4.78, 5) is 17.9. The second-order valence-electron chi connectivity index (χ2n) is 6.71. The number of halogens is 1. The van der Waals surface area contributed by atoms with Crippen LogP contribution in [0.2, 0.25) is 0 Å². The molecule has 9 heteroatoms. The van der Waals surface area contributed by atoms with Gasteiger partial charge in [-0.2, -0.15) is 0 Å². The molecule has 0 saturated heterocycles. The normalized spacial score (nSPS) is 10.8. The van der Waals surface area contributed by atoms with Crippen LogP contribution in [-0.4, -0.2) is 25.7 Å². The van der Waals surface area contributed by atoms with Crippen LogP contribution in [0.15, 0.2) is 54.9 Å². The highest BCUT2D eigenvalue weighted by Gasteiger charge is 2.18. The van der Waals surface area contributed by atoms with Crippen LogP contribution in [0.4, 0.5) is 10.1 Å². The average Bonchev–Trinajstić information content (AvgIpc) is 3.40. The molecular weight excluding hydrogens is 417 g/mol. The largest absolute Gasteiger partial charge is 0.486 e. The molecule has 2 aromatic heterocycles. The van der Waals surface area contributed by atoms with Crippen LogP contribution in [0.1, 0.15) is 27.3 Å². The summed E-state index contributed by atoms with van der Waals surface area (Å²) in [6.07, 6.45) is 1.66. The Labute approximate surface area is 182 Å². The molecule has 0 saturated carbocycles. The van der Waals surface area contributed by atoms with Crippen LogP contribution in [0.3, 0.4) is 0 Å². The van der Waals surface area contributed by atoms with E-state index in [2.05, 4.69) is 20.5 Å². The molecule has 4 aromatic rings. The lowest BCUT2D eigenvalue weighted by Gasteiger charge is -2.11. The Balaban J connectivity index is 1.50. The molecule has 0 fully saturated rings. The number of para-hydroxylation sites is 1. The first-order valence-electron chi connectivity index (χ1n) is 9.68. The number of carbonyl (C=O) groups excluding carboxylic acids is 1. The van der Waals surface area contributed by atoms with Crippen LogP contribution in [0.5, 0.6) is 5.75 Å². The summed E-state index contributed by atoms with van der Waals surface area (Å²) in [5, 5.41) is 11.8. The summed E-state index contributed by atoms with van der Waals surface area (Å²) < 4.78 is 20.6. The highest BCUT2D eigenvalue weighted by Crippen LogP contribution is 2.28. The standard InChI is InChI=1S/C22H20FN5O2S/c1-3-28-13-24-27-21(28)17-6-4-5-7-18(17)26-22(29)20-14(2)25-19(31-20)12-30-16-10-8-15(23)9-11-16/h4-11,13H,3,12H2,1-2H3,(H,26,29). The van der Waals surface area contributed by atoms with Crippen LogP contribution in [0.25, 0.3) is 11.4 Å². The number of aromatic nitrogens is 4. The molecular formula is C22H20FN5O2S. The number of rotatable bonds is 7. The Hall–Kier alpha value is -3.59. The maximum atomic E-state index is 13.0. The number of nitrogens with zero attached hydrogens (tertiary/aromatic N) is 4. The maximum absolute atomic E-state index is 13.0. The summed E-state index contributed by atoms with van der Waals surface area (Å²) in [5.41, 5.74) is 2.05. The summed E-state index contributed by atoms with van der Waals surface area (Å²) in [5.74, 6) is 0.647. The minimum Gasteiger partial charge on any atom is -0.486 e.